The van der Waals surface area contributed by atoms with Gasteiger partial charge in [0, 0.05) is 24.8 Å². The summed E-state index contributed by atoms with van der Waals surface area (Å²) in [6, 6.07) is 11.1. The van der Waals surface area contributed by atoms with Crippen molar-refractivity contribution in [2.24, 2.45) is 0 Å². The van der Waals surface area contributed by atoms with Crippen LogP contribution in [-0.4, -0.2) is 42.6 Å². The van der Waals surface area contributed by atoms with E-state index in [4.69, 9.17) is 9.47 Å². The van der Waals surface area contributed by atoms with Crippen LogP contribution in [0.4, 0.5) is 18.9 Å². The molecule has 3 aliphatic rings. The van der Waals surface area contributed by atoms with Crippen LogP contribution in [0.5, 0.6) is 17.2 Å². The van der Waals surface area contributed by atoms with Crippen LogP contribution in [0.25, 0.3) is 0 Å². The van der Waals surface area contributed by atoms with Crippen LogP contribution in [0.3, 0.4) is 0 Å². The van der Waals surface area contributed by atoms with Crippen molar-refractivity contribution in [3.63, 3.8) is 0 Å². The molecule has 3 aliphatic heterocycles. The largest absolute Gasteiger partial charge is 0.573 e. The van der Waals surface area contributed by atoms with Crippen molar-refractivity contribution in [1.82, 2.24) is 4.90 Å². The number of hydrogen-bond donors (Lipinski definition) is 0. The Kier molecular flexibility index (Phi) is 4.09. The molecule has 29 heavy (non-hydrogen) atoms. The quantitative estimate of drug-likeness (QED) is 0.780. The minimum atomic E-state index is -4.71. The van der Waals surface area contributed by atoms with Gasteiger partial charge in [-0.3, -0.25) is 9.69 Å². The number of benzene rings is 2. The van der Waals surface area contributed by atoms with Gasteiger partial charge in [0.15, 0.2) is 11.5 Å². The molecule has 6 nitrogen and oxygen atoms in total. The monoisotopic (exact) mass is 406 g/mol. The summed E-state index contributed by atoms with van der Waals surface area (Å²) >= 11 is 0. The third-order valence-corrected chi connectivity index (χ3v) is 5.45. The van der Waals surface area contributed by atoms with Crippen LogP contribution in [-0.2, 0) is 11.3 Å². The van der Waals surface area contributed by atoms with E-state index in [1.165, 1.54) is 12.1 Å². The molecule has 2 saturated heterocycles. The van der Waals surface area contributed by atoms with Crippen LogP contribution in [0.2, 0.25) is 0 Å². The van der Waals surface area contributed by atoms with Gasteiger partial charge in [0.05, 0.1) is 12.1 Å². The third kappa shape index (κ3) is 3.35. The summed E-state index contributed by atoms with van der Waals surface area (Å²) in [6.07, 6.45) is -3.98. The number of hydrogen-bond acceptors (Lipinski definition) is 5. The van der Waals surface area contributed by atoms with Crippen molar-refractivity contribution in [2.45, 2.75) is 31.4 Å². The second-order valence-corrected chi connectivity index (χ2v) is 7.27. The van der Waals surface area contributed by atoms with Gasteiger partial charge in [-0.25, -0.2) is 0 Å². The number of piperazine rings is 1. The first-order valence-electron chi connectivity index (χ1n) is 9.19. The van der Waals surface area contributed by atoms with Crippen molar-refractivity contribution in [1.29, 1.82) is 0 Å². The van der Waals surface area contributed by atoms with E-state index in [1.807, 2.05) is 17.0 Å². The highest BCUT2D eigenvalue weighted by Crippen LogP contribution is 2.41. The van der Waals surface area contributed by atoms with Crippen molar-refractivity contribution in [2.75, 3.05) is 18.2 Å². The van der Waals surface area contributed by atoms with Crippen molar-refractivity contribution < 1.29 is 32.2 Å². The Morgan fingerprint density at radius 2 is 1.83 bits per heavy atom. The van der Waals surface area contributed by atoms with Gasteiger partial charge in [0.25, 0.3) is 0 Å². The highest BCUT2D eigenvalue weighted by atomic mass is 19.4. The SMILES string of the molecule is O=C1[C@@H]2C[C@@H](CN2Cc2ccc(OC(F)(F)F)cc2)N1c1ccc2c(c1)OCO2. The number of nitrogens with zero attached hydrogens (tertiary/aromatic N) is 2. The molecule has 3 heterocycles. The van der Waals surface area contributed by atoms with Gasteiger partial charge < -0.3 is 19.1 Å². The van der Waals surface area contributed by atoms with Crippen LogP contribution in [0.15, 0.2) is 42.5 Å². The van der Waals surface area contributed by atoms with Crippen molar-refractivity contribution in [3.8, 4) is 17.2 Å². The molecule has 1 amide bonds. The zero-order chi connectivity index (χ0) is 20.2. The molecule has 152 valence electrons. The van der Waals surface area contributed by atoms with E-state index in [0.717, 1.165) is 17.7 Å². The van der Waals surface area contributed by atoms with E-state index < -0.39 is 6.36 Å². The fourth-order valence-corrected chi connectivity index (χ4v) is 4.24. The van der Waals surface area contributed by atoms with E-state index in [9.17, 15) is 18.0 Å². The lowest BCUT2D eigenvalue weighted by molar-refractivity contribution is -0.274. The number of rotatable bonds is 4. The lowest BCUT2D eigenvalue weighted by Crippen LogP contribution is -2.50. The van der Waals surface area contributed by atoms with Crippen LogP contribution in [0, 0.1) is 0 Å². The number of alkyl halides is 3. The number of ether oxygens (including phenoxy) is 3. The topological polar surface area (TPSA) is 51.2 Å². The van der Waals surface area contributed by atoms with E-state index in [-0.39, 0.29) is 30.5 Å². The molecule has 0 radical (unpaired) electrons. The zero-order valence-corrected chi connectivity index (χ0v) is 15.2. The molecule has 0 saturated carbocycles. The Balaban J connectivity index is 1.26. The van der Waals surface area contributed by atoms with Gasteiger partial charge in [-0.1, -0.05) is 12.1 Å². The number of fused-ring (bicyclic) bond motifs is 3. The van der Waals surface area contributed by atoms with Gasteiger partial charge in [0.2, 0.25) is 12.7 Å². The average Bonchev–Trinajstić information content (AvgIpc) is 3.36. The predicted octanol–water partition coefficient (Wildman–Crippen LogP) is 3.30. The minimum absolute atomic E-state index is 0.0251. The molecular weight excluding hydrogens is 389 g/mol. The molecule has 0 N–H and O–H groups in total. The van der Waals surface area contributed by atoms with Gasteiger partial charge in [-0.05, 0) is 36.2 Å². The fourth-order valence-electron chi connectivity index (χ4n) is 4.24. The normalized spacial score (nSPS) is 23.1. The number of carbonyl (C=O) groups is 1. The fraction of sp³-hybridized carbons (Fsp3) is 0.350. The van der Waals surface area contributed by atoms with E-state index in [0.29, 0.717) is 24.6 Å². The number of carbonyl (C=O) groups excluding carboxylic acids is 1. The second kappa shape index (κ2) is 6.55. The first-order chi connectivity index (χ1) is 13.9. The summed E-state index contributed by atoms with van der Waals surface area (Å²) < 4.78 is 51.4. The van der Waals surface area contributed by atoms with Crippen molar-refractivity contribution >= 4 is 11.6 Å². The Bertz CT molecular complexity index is 948. The molecule has 2 atom stereocenters. The molecule has 9 heteroatoms. The first-order valence-corrected chi connectivity index (χ1v) is 9.19. The lowest BCUT2D eigenvalue weighted by atomic mass is 10.1. The minimum Gasteiger partial charge on any atom is -0.454 e. The van der Waals surface area contributed by atoms with Crippen molar-refractivity contribution in [3.05, 3.63) is 48.0 Å². The lowest BCUT2D eigenvalue weighted by Gasteiger charge is -2.34. The molecule has 2 aromatic carbocycles. The summed E-state index contributed by atoms with van der Waals surface area (Å²) in [7, 11) is 0. The van der Waals surface area contributed by atoms with Gasteiger partial charge in [-0.2, -0.15) is 0 Å². The van der Waals surface area contributed by atoms with Gasteiger partial charge in [0.1, 0.15) is 5.75 Å². The van der Waals surface area contributed by atoms with E-state index in [1.54, 1.807) is 18.2 Å². The number of anilines is 1. The number of amides is 1. The molecule has 5 rings (SSSR count). The maximum absolute atomic E-state index is 12.9. The van der Waals surface area contributed by atoms with Crippen LogP contribution < -0.4 is 19.1 Å². The standard InChI is InChI=1S/C20H17F3N2O4/c21-20(22,23)29-15-4-1-12(2-5-15)9-24-10-14-7-16(24)19(26)25(14)13-3-6-17-18(8-13)28-11-27-17/h1-6,8,14,16H,7,9-11H2/t14-,16-/m0/s1. The average molecular weight is 406 g/mol. The number of likely N-dealkylation sites (tertiary alicyclic amines) is 1. The van der Waals surface area contributed by atoms with E-state index in [2.05, 4.69) is 9.64 Å². The third-order valence-electron chi connectivity index (χ3n) is 5.45. The molecule has 2 fully saturated rings. The Morgan fingerprint density at radius 1 is 1.07 bits per heavy atom. The Hall–Kier alpha value is -2.94. The summed E-state index contributed by atoms with van der Waals surface area (Å²) in [5.41, 5.74) is 1.62. The molecular formula is C20H17F3N2O4. The molecule has 0 aliphatic carbocycles. The van der Waals surface area contributed by atoms with Crippen LogP contribution >= 0.6 is 0 Å². The highest BCUT2D eigenvalue weighted by Gasteiger charge is 2.50. The molecule has 0 spiro atoms. The first kappa shape index (κ1) is 18.1. The zero-order valence-electron chi connectivity index (χ0n) is 15.2. The van der Waals surface area contributed by atoms with E-state index >= 15 is 0 Å². The Labute approximate surface area is 164 Å². The smallest absolute Gasteiger partial charge is 0.454 e. The van der Waals surface area contributed by atoms with Gasteiger partial charge >= 0.3 is 6.36 Å². The summed E-state index contributed by atoms with van der Waals surface area (Å²) in [6.45, 7) is 1.37. The highest BCUT2D eigenvalue weighted by molar-refractivity contribution is 6.01. The molecule has 0 unspecified atom stereocenters. The number of halogens is 3. The predicted molar refractivity (Wildman–Crippen MR) is 95.8 cm³/mol. The maximum atomic E-state index is 12.9. The molecule has 0 aromatic heterocycles. The van der Waals surface area contributed by atoms with Crippen LogP contribution in [0.1, 0.15) is 12.0 Å². The maximum Gasteiger partial charge on any atom is 0.573 e. The second-order valence-electron chi connectivity index (χ2n) is 7.27. The summed E-state index contributed by atoms with van der Waals surface area (Å²) in [5, 5.41) is 0. The summed E-state index contributed by atoms with van der Waals surface area (Å²) in [4.78, 5) is 16.8. The Morgan fingerprint density at radius 3 is 2.55 bits per heavy atom. The summed E-state index contributed by atoms with van der Waals surface area (Å²) in [5.74, 6) is 1.08. The van der Waals surface area contributed by atoms with Gasteiger partial charge in [-0.15, -0.1) is 13.2 Å². The molecule has 2 bridgehead atoms. The molecule has 2 aromatic rings.